The molecule has 6 heteroatoms. The van der Waals surface area contributed by atoms with E-state index in [0.717, 1.165) is 49.6 Å². The summed E-state index contributed by atoms with van der Waals surface area (Å²) in [5.41, 5.74) is 3.40. The standard InChI is InChI=1S/C26H32ClN3O2/c1-2-19-5-9-23(10-6-19)30-16-13-24(26(30)32)25(31)28-17-20-11-14-29(15-12-20)18-21-3-7-22(27)8-4-21/h3-10,20,24H,2,11-18H2,1H3,(H,28,31). The van der Waals surface area contributed by atoms with E-state index in [1.54, 1.807) is 4.90 Å². The van der Waals surface area contributed by atoms with Crippen molar-refractivity contribution < 1.29 is 9.59 Å². The van der Waals surface area contributed by atoms with E-state index in [1.807, 2.05) is 24.3 Å². The van der Waals surface area contributed by atoms with Gasteiger partial charge in [0.2, 0.25) is 11.8 Å². The summed E-state index contributed by atoms with van der Waals surface area (Å²) in [6.45, 7) is 6.34. The zero-order chi connectivity index (χ0) is 22.5. The van der Waals surface area contributed by atoms with Gasteiger partial charge in [0.1, 0.15) is 5.92 Å². The van der Waals surface area contributed by atoms with Crippen molar-refractivity contribution in [3.05, 3.63) is 64.7 Å². The Bertz CT molecular complexity index is 921. The van der Waals surface area contributed by atoms with Gasteiger partial charge < -0.3 is 10.2 Å². The van der Waals surface area contributed by atoms with E-state index in [4.69, 9.17) is 11.6 Å². The van der Waals surface area contributed by atoms with Gasteiger partial charge in [0.15, 0.2) is 0 Å². The van der Waals surface area contributed by atoms with Crippen molar-refractivity contribution in [2.75, 3.05) is 31.1 Å². The zero-order valence-corrected chi connectivity index (χ0v) is 19.5. The molecule has 2 aliphatic rings. The molecule has 4 rings (SSSR count). The van der Waals surface area contributed by atoms with Gasteiger partial charge in [0, 0.05) is 30.3 Å². The monoisotopic (exact) mass is 453 g/mol. The Hall–Kier alpha value is -2.37. The van der Waals surface area contributed by atoms with Crippen LogP contribution in [0.4, 0.5) is 5.69 Å². The minimum absolute atomic E-state index is 0.0791. The van der Waals surface area contributed by atoms with Gasteiger partial charge in [-0.3, -0.25) is 14.5 Å². The van der Waals surface area contributed by atoms with E-state index < -0.39 is 5.92 Å². The Labute approximate surface area is 195 Å². The fourth-order valence-corrected chi connectivity index (χ4v) is 4.78. The van der Waals surface area contributed by atoms with Gasteiger partial charge in [-0.2, -0.15) is 0 Å². The second kappa shape index (κ2) is 10.5. The van der Waals surface area contributed by atoms with Crippen LogP contribution in [0.2, 0.25) is 5.02 Å². The van der Waals surface area contributed by atoms with Crippen LogP contribution in [0.1, 0.15) is 37.3 Å². The lowest BCUT2D eigenvalue weighted by molar-refractivity contribution is -0.132. The number of hydrogen-bond acceptors (Lipinski definition) is 3. The smallest absolute Gasteiger partial charge is 0.239 e. The van der Waals surface area contributed by atoms with Crippen LogP contribution in [0, 0.1) is 11.8 Å². The molecule has 0 aromatic heterocycles. The molecule has 2 amide bonds. The number of nitrogens with zero attached hydrogens (tertiary/aromatic N) is 2. The summed E-state index contributed by atoms with van der Waals surface area (Å²) in [5, 5.41) is 3.83. The van der Waals surface area contributed by atoms with Crippen molar-refractivity contribution >= 4 is 29.1 Å². The van der Waals surface area contributed by atoms with Gasteiger partial charge in [-0.25, -0.2) is 0 Å². The quantitative estimate of drug-likeness (QED) is 0.636. The van der Waals surface area contributed by atoms with Gasteiger partial charge in [-0.15, -0.1) is 0 Å². The largest absolute Gasteiger partial charge is 0.355 e. The van der Waals surface area contributed by atoms with Gasteiger partial charge in [-0.1, -0.05) is 42.8 Å². The van der Waals surface area contributed by atoms with Gasteiger partial charge in [0.05, 0.1) is 0 Å². The second-order valence-electron chi connectivity index (χ2n) is 8.94. The average Bonchev–Trinajstić information content (AvgIpc) is 3.21. The third kappa shape index (κ3) is 5.51. The van der Waals surface area contributed by atoms with Crippen molar-refractivity contribution in [3.8, 4) is 0 Å². The molecule has 1 unspecified atom stereocenters. The summed E-state index contributed by atoms with van der Waals surface area (Å²) in [4.78, 5) is 29.8. The maximum absolute atomic E-state index is 12.8. The first kappa shape index (κ1) is 22.8. The molecule has 32 heavy (non-hydrogen) atoms. The molecule has 0 bridgehead atoms. The number of aryl methyl sites for hydroxylation is 1. The molecule has 1 atom stereocenters. The lowest BCUT2D eigenvalue weighted by Gasteiger charge is -2.32. The lowest BCUT2D eigenvalue weighted by atomic mass is 9.96. The Morgan fingerprint density at radius 1 is 0.969 bits per heavy atom. The summed E-state index contributed by atoms with van der Waals surface area (Å²) < 4.78 is 0. The first-order valence-electron chi connectivity index (χ1n) is 11.7. The molecule has 2 aromatic carbocycles. The van der Waals surface area contributed by atoms with Crippen LogP contribution in [0.15, 0.2) is 48.5 Å². The molecule has 2 aromatic rings. The summed E-state index contributed by atoms with van der Waals surface area (Å²) >= 11 is 5.97. The summed E-state index contributed by atoms with van der Waals surface area (Å²) in [6.07, 6.45) is 3.67. The highest BCUT2D eigenvalue weighted by molar-refractivity contribution is 6.30. The first-order chi connectivity index (χ1) is 15.5. The van der Waals surface area contributed by atoms with Crippen LogP contribution < -0.4 is 10.2 Å². The molecule has 2 heterocycles. The van der Waals surface area contributed by atoms with Gasteiger partial charge >= 0.3 is 0 Å². The molecule has 2 aliphatic heterocycles. The summed E-state index contributed by atoms with van der Waals surface area (Å²) in [5.74, 6) is -0.295. The predicted molar refractivity (Wildman–Crippen MR) is 129 cm³/mol. The van der Waals surface area contributed by atoms with Crippen LogP contribution in [0.3, 0.4) is 0 Å². The third-order valence-corrected chi connectivity index (χ3v) is 7.02. The molecule has 0 saturated carbocycles. The van der Waals surface area contributed by atoms with E-state index in [2.05, 4.69) is 41.4 Å². The Morgan fingerprint density at radius 2 is 1.62 bits per heavy atom. The van der Waals surface area contributed by atoms with E-state index in [1.165, 1.54) is 11.1 Å². The molecule has 0 aliphatic carbocycles. The number of benzene rings is 2. The number of hydrogen-bond donors (Lipinski definition) is 1. The van der Waals surface area contributed by atoms with E-state index >= 15 is 0 Å². The van der Waals surface area contributed by atoms with Crippen molar-refractivity contribution in [2.45, 2.75) is 39.2 Å². The van der Waals surface area contributed by atoms with E-state index in [-0.39, 0.29) is 11.8 Å². The van der Waals surface area contributed by atoms with Crippen LogP contribution in [-0.2, 0) is 22.6 Å². The number of piperidine rings is 1. The molecule has 170 valence electrons. The number of carbonyl (C=O) groups is 2. The van der Waals surface area contributed by atoms with Crippen molar-refractivity contribution in [2.24, 2.45) is 11.8 Å². The van der Waals surface area contributed by atoms with Gasteiger partial charge in [-0.05, 0) is 80.1 Å². The number of halogens is 1. The number of likely N-dealkylation sites (tertiary alicyclic amines) is 1. The lowest BCUT2D eigenvalue weighted by Crippen LogP contribution is -2.41. The average molecular weight is 454 g/mol. The minimum Gasteiger partial charge on any atom is -0.355 e. The summed E-state index contributed by atoms with van der Waals surface area (Å²) in [6, 6.07) is 16.1. The fraction of sp³-hybridized carbons (Fsp3) is 0.462. The van der Waals surface area contributed by atoms with Crippen LogP contribution in [-0.4, -0.2) is 42.9 Å². The number of nitrogens with one attached hydrogen (secondary N) is 1. The predicted octanol–water partition coefficient (Wildman–Crippen LogP) is 4.28. The number of amides is 2. The topological polar surface area (TPSA) is 52.7 Å². The van der Waals surface area contributed by atoms with Crippen LogP contribution >= 0.6 is 11.6 Å². The first-order valence-corrected chi connectivity index (χ1v) is 12.1. The molecular weight excluding hydrogens is 422 g/mol. The second-order valence-corrected chi connectivity index (χ2v) is 9.38. The number of carbonyl (C=O) groups excluding carboxylic acids is 2. The Kier molecular flexibility index (Phi) is 7.48. The molecule has 1 N–H and O–H groups in total. The van der Waals surface area contributed by atoms with Crippen LogP contribution in [0.5, 0.6) is 0 Å². The third-order valence-electron chi connectivity index (χ3n) is 6.77. The van der Waals surface area contributed by atoms with E-state index in [0.29, 0.717) is 25.4 Å². The van der Waals surface area contributed by atoms with Crippen LogP contribution in [0.25, 0.3) is 0 Å². The van der Waals surface area contributed by atoms with E-state index in [9.17, 15) is 9.59 Å². The highest BCUT2D eigenvalue weighted by Crippen LogP contribution is 2.26. The number of anilines is 1. The van der Waals surface area contributed by atoms with Crippen molar-refractivity contribution in [1.82, 2.24) is 10.2 Å². The Balaban J connectivity index is 1.21. The van der Waals surface area contributed by atoms with Gasteiger partial charge in [0.25, 0.3) is 0 Å². The van der Waals surface area contributed by atoms with Crippen molar-refractivity contribution in [3.63, 3.8) is 0 Å². The molecule has 2 saturated heterocycles. The molecular formula is C26H32ClN3O2. The van der Waals surface area contributed by atoms with Crippen molar-refractivity contribution in [1.29, 1.82) is 0 Å². The SMILES string of the molecule is CCc1ccc(N2CCC(C(=O)NCC3CCN(Cc4ccc(Cl)cc4)CC3)C2=O)cc1. The molecule has 0 radical (unpaired) electrons. The summed E-state index contributed by atoms with van der Waals surface area (Å²) in [7, 11) is 0. The minimum atomic E-state index is -0.564. The highest BCUT2D eigenvalue weighted by atomic mass is 35.5. The zero-order valence-electron chi connectivity index (χ0n) is 18.7. The Morgan fingerprint density at radius 3 is 2.28 bits per heavy atom. The highest BCUT2D eigenvalue weighted by Gasteiger charge is 2.37. The maximum atomic E-state index is 12.8. The molecule has 0 spiro atoms. The normalized spacial score (nSPS) is 20.0. The number of rotatable bonds is 7. The maximum Gasteiger partial charge on any atom is 0.239 e. The fourth-order valence-electron chi connectivity index (χ4n) is 4.66. The molecule has 2 fully saturated rings. The molecule has 5 nitrogen and oxygen atoms in total.